The van der Waals surface area contributed by atoms with Crippen LogP contribution in [-0.4, -0.2) is 19.1 Å². The molecule has 0 heterocycles. The first-order chi connectivity index (χ1) is 7.06. The average Bonchev–Trinajstić information content (AvgIpc) is 2.14. The Labute approximate surface area is 93.4 Å². The molecule has 0 saturated carbocycles. The molecule has 0 fully saturated rings. The summed E-state index contributed by atoms with van der Waals surface area (Å²) in [5, 5.41) is 0. The van der Waals surface area contributed by atoms with Crippen molar-refractivity contribution in [1.82, 2.24) is 0 Å². The third kappa shape index (κ3) is 9.73. The topological polar surface area (TPSA) is 52.3 Å². The molecule has 0 rings (SSSR count). The first-order valence-electron chi connectivity index (χ1n) is 5.92. The van der Waals surface area contributed by atoms with Gasteiger partial charge in [-0.2, -0.15) is 0 Å². The third-order valence-corrected chi connectivity index (χ3v) is 2.46. The molecule has 3 nitrogen and oxygen atoms in total. The summed E-state index contributed by atoms with van der Waals surface area (Å²) in [5.41, 5.74) is 5.43. The Balaban J connectivity index is 3.40. The van der Waals surface area contributed by atoms with Crippen LogP contribution in [-0.2, 0) is 9.53 Å². The van der Waals surface area contributed by atoms with Gasteiger partial charge in [-0.25, -0.2) is 0 Å². The molecule has 0 bridgehead atoms. The molecule has 3 heteroatoms. The summed E-state index contributed by atoms with van der Waals surface area (Å²) in [6.07, 6.45) is 3.35. The van der Waals surface area contributed by atoms with E-state index >= 15 is 0 Å². The second-order valence-corrected chi connectivity index (χ2v) is 4.62. The van der Waals surface area contributed by atoms with Gasteiger partial charge in [0.1, 0.15) is 0 Å². The molecular weight excluding hydrogens is 190 g/mol. The first kappa shape index (κ1) is 14.4. The third-order valence-electron chi connectivity index (χ3n) is 2.46. The zero-order valence-corrected chi connectivity index (χ0v) is 10.3. The van der Waals surface area contributed by atoms with Gasteiger partial charge in [-0.3, -0.25) is 4.79 Å². The summed E-state index contributed by atoms with van der Waals surface area (Å²) in [6, 6.07) is 0. The van der Waals surface area contributed by atoms with E-state index in [-0.39, 0.29) is 5.97 Å². The Morgan fingerprint density at radius 2 is 1.87 bits per heavy atom. The minimum atomic E-state index is -0.0699. The molecule has 0 aromatic heterocycles. The summed E-state index contributed by atoms with van der Waals surface area (Å²) in [5.74, 6) is 1.04. The highest BCUT2D eigenvalue weighted by Gasteiger charge is 2.07. The Morgan fingerprint density at radius 1 is 1.20 bits per heavy atom. The van der Waals surface area contributed by atoms with Crippen LogP contribution in [0.15, 0.2) is 0 Å². The molecule has 0 amide bonds. The van der Waals surface area contributed by atoms with Gasteiger partial charge in [-0.05, 0) is 37.6 Å². The number of nitrogens with two attached hydrogens (primary N) is 1. The number of ether oxygens (including phenoxy) is 1. The lowest BCUT2D eigenvalue weighted by Crippen LogP contribution is -2.11. The van der Waals surface area contributed by atoms with E-state index < -0.39 is 0 Å². The van der Waals surface area contributed by atoms with Crippen molar-refractivity contribution in [2.45, 2.75) is 46.5 Å². The van der Waals surface area contributed by atoms with Crippen molar-refractivity contribution in [2.24, 2.45) is 17.6 Å². The smallest absolute Gasteiger partial charge is 0.305 e. The Bertz CT molecular complexity index is 169. The predicted octanol–water partition coefficient (Wildman–Crippen LogP) is 2.34. The maximum atomic E-state index is 11.3. The fourth-order valence-electron chi connectivity index (χ4n) is 1.27. The van der Waals surface area contributed by atoms with Crippen LogP contribution in [0.3, 0.4) is 0 Å². The monoisotopic (exact) mass is 215 g/mol. The van der Waals surface area contributed by atoms with Crippen molar-refractivity contribution < 1.29 is 9.53 Å². The van der Waals surface area contributed by atoms with Gasteiger partial charge in [-0.1, -0.05) is 20.8 Å². The molecule has 0 aromatic carbocycles. The van der Waals surface area contributed by atoms with Crippen molar-refractivity contribution in [3.8, 4) is 0 Å². The largest absolute Gasteiger partial charge is 0.466 e. The summed E-state index contributed by atoms with van der Waals surface area (Å²) in [6.45, 7) is 7.62. The van der Waals surface area contributed by atoms with Crippen molar-refractivity contribution in [2.75, 3.05) is 13.2 Å². The minimum Gasteiger partial charge on any atom is -0.466 e. The molecule has 15 heavy (non-hydrogen) atoms. The fourth-order valence-corrected chi connectivity index (χ4v) is 1.27. The van der Waals surface area contributed by atoms with E-state index in [2.05, 4.69) is 20.8 Å². The highest BCUT2D eigenvalue weighted by Crippen LogP contribution is 2.10. The standard InChI is InChI=1S/C12H25NO2/c1-10(2)7-9-15-12(14)5-4-11(3)6-8-13/h10-11H,4-9,13H2,1-3H3. The summed E-state index contributed by atoms with van der Waals surface area (Å²) in [7, 11) is 0. The number of hydrogen-bond acceptors (Lipinski definition) is 3. The van der Waals surface area contributed by atoms with E-state index in [0.717, 1.165) is 19.3 Å². The molecule has 0 spiro atoms. The van der Waals surface area contributed by atoms with Crippen molar-refractivity contribution in [3.05, 3.63) is 0 Å². The molecular formula is C12H25NO2. The normalized spacial score (nSPS) is 12.9. The van der Waals surface area contributed by atoms with Crippen LogP contribution < -0.4 is 5.73 Å². The summed E-state index contributed by atoms with van der Waals surface area (Å²) < 4.78 is 5.11. The maximum absolute atomic E-state index is 11.3. The summed E-state index contributed by atoms with van der Waals surface area (Å²) >= 11 is 0. The van der Waals surface area contributed by atoms with Crippen molar-refractivity contribution in [3.63, 3.8) is 0 Å². The van der Waals surface area contributed by atoms with E-state index in [0.29, 0.717) is 31.4 Å². The highest BCUT2D eigenvalue weighted by atomic mass is 16.5. The molecule has 0 aliphatic carbocycles. The van der Waals surface area contributed by atoms with Crippen LogP contribution in [0.1, 0.15) is 46.5 Å². The van der Waals surface area contributed by atoms with Crippen LogP contribution in [0.4, 0.5) is 0 Å². The van der Waals surface area contributed by atoms with Gasteiger partial charge in [0.05, 0.1) is 6.61 Å². The average molecular weight is 215 g/mol. The lowest BCUT2D eigenvalue weighted by Gasteiger charge is -2.10. The van der Waals surface area contributed by atoms with Crippen LogP contribution in [0, 0.1) is 11.8 Å². The lowest BCUT2D eigenvalue weighted by molar-refractivity contribution is -0.144. The predicted molar refractivity (Wildman–Crippen MR) is 62.5 cm³/mol. The van der Waals surface area contributed by atoms with Crippen LogP contribution in [0.25, 0.3) is 0 Å². The van der Waals surface area contributed by atoms with Gasteiger partial charge < -0.3 is 10.5 Å². The molecule has 90 valence electrons. The van der Waals surface area contributed by atoms with E-state index in [4.69, 9.17) is 10.5 Å². The quantitative estimate of drug-likeness (QED) is 0.632. The molecule has 0 aliphatic rings. The number of hydrogen-bond donors (Lipinski definition) is 1. The zero-order chi connectivity index (χ0) is 11.7. The van der Waals surface area contributed by atoms with Gasteiger partial charge in [-0.15, -0.1) is 0 Å². The second kappa shape index (κ2) is 8.72. The van der Waals surface area contributed by atoms with E-state index in [1.165, 1.54) is 0 Å². The maximum Gasteiger partial charge on any atom is 0.305 e. The van der Waals surface area contributed by atoms with Crippen molar-refractivity contribution in [1.29, 1.82) is 0 Å². The zero-order valence-electron chi connectivity index (χ0n) is 10.3. The van der Waals surface area contributed by atoms with Crippen molar-refractivity contribution >= 4 is 5.97 Å². The van der Waals surface area contributed by atoms with Gasteiger partial charge in [0, 0.05) is 6.42 Å². The number of esters is 1. The van der Waals surface area contributed by atoms with Crippen LogP contribution in [0.2, 0.25) is 0 Å². The Kier molecular flexibility index (Phi) is 8.38. The van der Waals surface area contributed by atoms with Gasteiger partial charge in [0.15, 0.2) is 0 Å². The number of carbonyl (C=O) groups is 1. The molecule has 0 radical (unpaired) electrons. The fraction of sp³-hybridized carbons (Fsp3) is 0.917. The SMILES string of the molecule is CC(C)CCOC(=O)CCC(C)CCN. The van der Waals surface area contributed by atoms with Crippen LogP contribution in [0.5, 0.6) is 0 Å². The highest BCUT2D eigenvalue weighted by molar-refractivity contribution is 5.69. The molecule has 0 saturated heterocycles. The molecule has 2 N–H and O–H groups in total. The first-order valence-corrected chi connectivity index (χ1v) is 5.92. The molecule has 0 aliphatic heterocycles. The minimum absolute atomic E-state index is 0.0699. The number of carbonyl (C=O) groups excluding carboxylic acids is 1. The Morgan fingerprint density at radius 3 is 2.40 bits per heavy atom. The molecule has 1 unspecified atom stereocenters. The van der Waals surface area contributed by atoms with E-state index in [9.17, 15) is 4.79 Å². The lowest BCUT2D eigenvalue weighted by atomic mass is 10.0. The van der Waals surface area contributed by atoms with E-state index in [1.54, 1.807) is 0 Å². The Hall–Kier alpha value is -0.570. The van der Waals surface area contributed by atoms with Gasteiger partial charge in [0.25, 0.3) is 0 Å². The summed E-state index contributed by atoms with van der Waals surface area (Å²) in [4.78, 5) is 11.3. The van der Waals surface area contributed by atoms with Crippen LogP contribution >= 0.6 is 0 Å². The molecule has 0 aromatic rings. The van der Waals surface area contributed by atoms with Gasteiger partial charge in [0.2, 0.25) is 0 Å². The molecule has 1 atom stereocenters. The van der Waals surface area contributed by atoms with Gasteiger partial charge >= 0.3 is 5.97 Å². The number of rotatable bonds is 8. The second-order valence-electron chi connectivity index (χ2n) is 4.62. The van der Waals surface area contributed by atoms with E-state index in [1.807, 2.05) is 0 Å².